The molecule has 2 heterocycles. The number of anilines is 1. The molecule has 176 valence electrons. The second-order valence-corrected chi connectivity index (χ2v) is 8.60. The van der Waals surface area contributed by atoms with Gasteiger partial charge in [0, 0.05) is 29.0 Å². The number of para-hydroxylation sites is 1. The Hall–Kier alpha value is -4.10. The number of nitrogens with zero attached hydrogens (tertiary/aromatic N) is 3. The summed E-state index contributed by atoms with van der Waals surface area (Å²) >= 11 is 6.33. The molecule has 1 amide bonds. The van der Waals surface area contributed by atoms with Crippen molar-refractivity contribution in [2.24, 2.45) is 7.05 Å². The van der Waals surface area contributed by atoms with E-state index in [4.69, 9.17) is 16.3 Å². The molecule has 0 aliphatic carbocycles. The maximum absolute atomic E-state index is 13.7. The van der Waals surface area contributed by atoms with Gasteiger partial charge in [0.15, 0.2) is 5.69 Å². The summed E-state index contributed by atoms with van der Waals surface area (Å²) in [5.74, 6) is 0.0617. The maximum Gasteiger partial charge on any atom is 0.296 e. The van der Waals surface area contributed by atoms with Crippen LogP contribution >= 0.6 is 11.6 Å². The van der Waals surface area contributed by atoms with Crippen LogP contribution in [0.2, 0.25) is 5.02 Å². The summed E-state index contributed by atoms with van der Waals surface area (Å²) in [6.45, 7) is 2.07. The fourth-order valence-corrected chi connectivity index (χ4v) is 4.57. The Morgan fingerprint density at radius 3 is 2.51 bits per heavy atom. The fraction of sp³-hybridized carbons (Fsp3) is 0.148. The lowest BCUT2D eigenvalue weighted by Crippen LogP contribution is -2.27. The van der Waals surface area contributed by atoms with Crippen LogP contribution in [0.1, 0.15) is 23.0 Å². The molecule has 7 nitrogen and oxygen atoms in total. The number of benzene rings is 3. The number of fused-ring (bicyclic) bond motifs is 3. The molecule has 0 aliphatic heterocycles. The number of nitrogens with one attached hydrogen (secondary N) is 1. The molecular formula is C27H23ClN4O3. The minimum Gasteiger partial charge on any atom is -0.495 e. The van der Waals surface area contributed by atoms with Crippen LogP contribution in [0.4, 0.5) is 5.69 Å². The molecule has 0 unspecified atom stereocenters. The predicted molar refractivity (Wildman–Crippen MR) is 139 cm³/mol. The smallest absolute Gasteiger partial charge is 0.296 e. The lowest BCUT2D eigenvalue weighted by atomic mass is 10.1. The van der Waals surface area contributed by atoms with E-state index in [1.54, 1.807) is 22.8 Å². The Morgan fingerprint density at radius 2 is 1.83 bits per heavy atom. The fourth-order valence-electron chi connectivity index (χ4n) is 4.31. The molecule has 0 saturated heterocycles. The predicted octanol–water partition coefficient (Wildman–Crippen LogP) is 5.35. The SMILES string of the molecule is CCc1ccc(NC(=O)c2nn(-c3ccc(OC)c(Cl)c3)c(=O)c3c2c2ccccc2n3C)cc1. The van der Waals surface area contributed by atoms with Crippen molar-refractivity contribution in [3.63, 3.8) is 0 Å². The normalized spacial score (nSPS) is 11.2. The van der Waals surface area contributed by atoms with Crippen LogP contribution in [0, 0.1) is 0 Å². The highest BCUT2D eigenvalue weighted by Crippen LogP contribution is 2.30. The highest BCUT2D eigenvalue weighted by molar-refractivity contribution is 6.32. The van der Waals surface area contributed by atoms with Crippen LogP contribution in [-0.4, -0.2) is 27.4 Å². The van der Waals surface area contributed by atoms with Gasteiger partial charge in [-0.05, 0) is 48.4 Å². The molecule has 2 aromatic heterocycles. The first-order chi connectivity index (χ1) is 16.9. The maximum atomic E-state index is 13.7. The van der Waals surface area contributed by atoms with Crippen molar-refractivity contribution in [3.8, 4) is 11.4 Å². The first-order valence-corrected chi connectivity index (χ1v) is 11.6. The van der Waals surface area contributed by atoms with Gasteiger partial charge in [-0.25, -0.2) is 0 Å². The molecule has 8 heteroatoms. The third-order valence-corrected chi connectivity index (χ3v) is 6.45. The number of methoxy groups -OCH3 is 1. The topological polar surface area (TPSA) is 78.2 Å². The summed E-state index contributed by atoms with van der Waals surface area (Å²) in [5.41, 5.74) is 3.23. The van der Waals surface area contributed by atoms with E-state index in [1.165, 1.54) is 17.4 Å². The Bertz CT molecular complexity index is 1650. The monoisotopic (exact) mass is 486 g/mol. The van der Waals surface area contributed by atoms with Gasteiger partial charge < -0.3 is 14.6 Å². The van der Waals surface area contributed by atoms with Gasteiger partial charge in [-0.3, -0.25) is 9.59 Å². The number of hydrogen-bond donors (Lipinski definition) is 1. The van der Waals surface area contributed by atoms with Gasteiger partial charge in [-0.15, -0.1) is 0 Å². The van der Waals surface area contributed by atoms with Crippen molar-refractivity contribution in [3.05, 3.63) is 93.4 Å². The Morgan fingerprint density at radius 1 is 1.09 bits per heavy atom. The largest absolute Gasteiger partial charge is 0.495 e. The average molecular weight is 487 g/mol. The van der Waals surface area contributed by atoms with E-state index in [1.807, 2.05) is 55.6 Å². The molecule has 0 bridgehead atoms. The first-order valence-electron chi connectivity index (χ1n) is 11.2. The zero-order valence-corrected chi connectivity index (χ0v) is 20.3. The Labute approximate surface area is 206 Å². The van der Waals surface area contributed by atoms with Gasteiger partial charge in [0.2, 0.25) is 0 Å². The number of halogens is 1. The van der Waals surface area contributed by atoms with Crippen molar-refractivity contribution in [2.45, 2.75) is 13.3 Å². The molecule has 0 saturated carbocycles. The number of aromatic nitrogens is 3. The Kier molecular flexibility index (Phi) is 5.78. The molecule has 35 heavy (non-hydrogen) atoms. The van der Waals surface area contributed by atoms with Crippen LogP contribution in [-0.2, 0) is 13.5 Å². The van der Waals surface area contributed by atoms with Crippen LogP contribution in [0.25, 0.3) is 27.5 Å². The van der Waals surface area contributed by atoms with Gasteiger partial charge in [-0.1, -0.05) is 48.9 Å². The van der Waals surface area contributed by atoms with Gasteiger partial charge in [0.25, 0.3) is 11.5 Å². The van der Waals surface area contributed by atoms with Crippen molar-refractivity contribution >= 4 is 45.0 Å². The van der Waals surface area contributed by atoms with E-state index < -0.39 is 5.91 Å². The summed E-state index contributed by atoms with van der Waals surface area (Å²) in [6.07, 6.45) is 0.905. The molecule has 0 fully saturated rings. The second kappa shape index (κ2) is 8.92. The molecule has 5 rings (SSSR count). The zero-order chi connectivity index (χ0) is 24.7. The lowest BCUT2D eigenvalue weighted by Gasteiger charge is -2.12. The number of carbonyl (C=O) groups is 1. The summed E-state index contributed by atoms with van der Waals surface area (Å²) in [6, 6.07) is 20.2. The summed E-state index contributed by atoms with van der Waals surface area (Å²) in [4.78, 5) is 27.2. The molecular weight excluding hydrogens is 464 g/mol. The molecule has 5 aromatic rings. The summed E-state index contributed by atoms with van der Waals surface area (Å²) in [7, 11) is 3.32. The Balaban J connectivity index is 1.75. The number of aryl methyl sites for hydroxylation is 2. The molecule has 1 N–H and O–H groups in total. The van der Waals surface area contributed by atoms with Gasteiger partial charge in [0.1, 0.15) is 11.3 Å². The quantitative estimate of drug-likeness (QED) is 0.363. The van der Waals surface area contributed by atoms with E-state index in [0.29, 0.717) is 33.0 Å². The van der Waals surface area contributed by atoms with Gasteiger partial charge in [0.05, 0.1) is 17.8 Å². The van der Waals surface area contributed by atoms with Crippen molar-refractivity contribution in [1.82, 2.24) is 14.3 Å². The number of rotatable bonds is 5. The van der Waals surface area contributed by atoms with Crippen LogP contribution < -0.4 is 15.6 Å². The molecule has 0 spiro atoms. The van der Waals surface area contributed by atoms with Crippen molar-refractivity contribution in [2.75, 3.05) is 12.4 Å². The standard InChI is InChI=1S/C27H23ClN4O3/c1-4-16-9-11-17(12-10-16)29-26(33)24-23-19-7-5-6-8-21(19)31(2)25(23)27(34)32(30-24)18-13-14-22(35-3)20(28)15-18/h5-15H,4H2,1-3H3,(H,29,33). The van der Waals surface area contributed by atoms with Crippen LogP contribution in [0.15, 0.2) is 71.5 Å². The lowest BCUT2D eigenvalue weighted by molar-refractivity contribution is 0.102. The number of ether oxygens (including phenoxy) is 1. The van der Waals surface area contributed by atoms with Gasteiger partial charge in [-0.2, -0.15) is 9.78 Å². The zero-order valence-electron chi connectivity index (χ0n) is 19.5. The molecule has 3 aromatic carbocycles. The number of hydrogen-bond acceptors (Lipinski definition) is 4. The van der Waals surface area contributed by atoms with Crippen molar-refractivity contribution < 1.29 is 9.53 Å². The van der Waals surface area contributed by atoms with Gasteiger partial charge >= 0.3 is 0 Å². The third kappa shape index (κ3) is 3.84. The summed E-state index contributed by atoms with van der Waals surface area (Å²) in [5, 5.41) is 9.09. The highest BCUT2D eigenvalue weighted by Gasteiger charge is 2.24. The average Bonchev–Trinajstić information content (AvgIpc) is 3.18. The van der Waals surface area contributed by atoms with E-state index in [9.17, 15) is 9.59 Å². The molecule has 0 atom stereocenters. The van der Waals surface area contributed by atoms with E-state index >= 15 is 0 Å². The van der Waals surface area contributed by atoms with E-state index in [-0.39, 0.29) is 11.3 Å². The second-order valence-electron chi connectivity index (χ2n) is 8.19. The third-order valence-electron chi connectivity index (χ3n) is 6.15. The van der Waals surface area contributed by atoms with Crippen LogP contribution in [0.5, 0.6) is 5.75 Å². The summed E-state index contributed by atoms with van der Waals surface area (Å²) < 4.78 is 8.24. The number of amides is 1. The minimum atomic E-state index is -0.413. The molecule has 0 radical (unpaired) electrons. The van der Waals surface area contributed by atoms with Crippen molar-refractivity contribution in [1.29, 1.82) is 0 Å². The number of carbonyl (C=O) groups excluding carboxylic acids is 1. The van der Waals surface area contributed by atoms with E-state index in [2.05, 4.69) is 17.3 Å². The molecule has 0 aliphatic rings. The minimum absolute atomic E-state index is 0.142. The van der Waals surface area contributed by atoms with E-state index in [0.717, 1.165) is 17.3 Å². The first kappa shape index (κ1) is 22.7. The highest BCUT2D eigenvalue weighted by atomic mass is 35.5. The van der Waals surface area contributed by atoms with Crippen LogP contribution in [0.3, 0.4) is 0 Å².